The van der Waals surface area contributed by atoms with E-state index in [9.17, 15) is 9.90 Å². The number of hydrogen-bond donors (Lipinski definition) is 1. The van der Waals surface area contributed by atoms with Gasteiger partial charge in [-0.05, 0) is 78.8 Å². The van der Waals surface area contributed by atoms with Gasteiger partial charge < -0.3 is 10.0 Å². The first-order chi connectivity index (χ1) is 20.3. The van der Waals surface area contributed by atoms with Crippen molar-refractivity contribution in [3.63, 3.8) is 0 Å². The lowest BCUT2D eigenvalue weighted by Gasteiger charge is -2.32. The first-order valence-electron chi connectivity index (χ1n) is 16.3. The Labute approximate surface area is 266 Å². The van der Waals surface area contributed by atoms with Gasteiger partial charge in [0.05, 0.1) is 0 Å². The summed E-state index contributed by atoms with van der Waals surface area (Å²) >= 11 is 1.33. The van der Waals surface area contributed by atoms with Crippen molar-refractivity contribution < 1.29 is 9.90 Å². The van der Waals surface area contributed by atoms with Crippen molar-refractivity contribution in [3.05, 3.63) is 89.0 Å². The lowest BCUT2D eigenvalue weighted by Crippen LogP contribution is -2.34. The van der Waals surface area contributed by atoms with E-state index in [2.05, 4.69) is 115 Å². The van der Waals surface area contributed by atoms with Crippen LogP contribution < -0.4 is 4.90 Å². The van der Waals surface area contributed by atoms with Crippen molar-refractivity contribution in [3.8, 4) is 5.75 Å². The molecule has 3 nitrogen and oxygen atoms in total. The van der Waals surface area contributed by atoms with Gasteiger partial charge in [0.2, 0.25) is 0 Å². The summed E-state index contributed by atoms with van der Waals surface area (Å²) < 4.78 is 0. The van der Waals surface area contributed by atoms with Crippen LogP contribution in [0.1, 0.15) is 123 Å². The van der Waals surface area contributed by atoms with Crippen molar-refractivity contribution in [2.75, 3.05) is 11.4 Å². The standard InChI is InChI=1S/C39H55NO2S/c1-9-10-17-29(2)40(32-23-21-31(22-24-32)26-30-18-13-11-14-19-30)25-16-12-15-20-36(41)43-33-27-34(38(3,4)5)37(42)35(28-33)39(6,7)8/h11,13-14,18-19,21-24,27-29,42H,9-10,12,15-17,20,25-26H2,1-8H3. The highest BCUT2D eigenvalue weighted by molar-refractivity contribution is 8.13. The third kappa shape index (κ3) is 10.7. The smallest absolute Gasteiger partial charge is 0.193 e. The fraction of sp³-hybridized carbons (Fsp3) is 0.513. The van der Waals surface area contributed by atoms with Gasteiger partial charge in [-0.1, -0.05) is 122 Å². The summed E-state index contributed by atoms with van der Waals surface area (Å²) in [5.74, 6) is 0.361. The summed E-state index contributed by atoms with van der Waals surface area (Å²) in [6.45, 7) is 18.3. The molecule has 3 rings (SSSR count). The van der Waals surface area contributed by atoms with Crippen LogP contribution in [0, 0.1) is 0 Å². The fourth-order valence-corrected chi connectivity index (χ4v) is 6.48. The van der Waals surface area contributed by atoms with E-state index in [-0.39, 0.29) is 15.9 Å². The SMILES string of the molecule is CCCCC(C)N(CCCCCC(=O)Sc1cc(C(C)(C)C)c(O)c(C(C)(C)C)c1)c1ccc(Cc2ccccc2)cc1. The van der Waals surface area contributed by atoms with Crippen molar-refractivity contribution >= 4 is 22.6 Å². The minimum Gasteiger partial charge on any atom is -0.507 e. The van der Waals surface area contributed by atoms with Crippen LogP contribution in [0.2, 0.25) is 0 Å². The molecule has 0 radical (unpaired) electrons. The molecule has 3 aromatic rings. The van der Waals surface area contributed by atoms with E-state index >= 15 is 0 Å². The van der Waals surface area contributed by atoms with Crippen LogP contribution in [-0.2, 0) is 22.0 Å². The van der Waals surface area contributed by atoms with Crippen molar-refractivity contribution in [2.45, 2.75) is 129 Å². The van der Waals surface area contributed by atoms with Crippen LogP contribution in [0.4, 0.5) is 5.69 Å². The maximum atomic E-state index is 13.0. The number of rotatable bonds is 14. The van der Waals surface area contributed by atoms with Gasteiger partial charge in [-0.25, -0.2) is 0 Å². The number of carbonyl (C=O) groups excluding carboxylic acids is 1. The largest absolute Gasteiger partial charge is 0.507 e. The van der Waals surface area contributed by atoms with Crippen LogP contribution in [0.3, 0.4) is 0 Å². The molecule has 0 aromatic heterocycles. The highest BCUT2D eigenvalue weighted by atomic mass is 32.2. The number of phenols is 1. The number of nitrogens with zero attached hydrogens (tertiary/aromatic N) is 1. The van der Waals surface area contributed by atoms with E-state index in [1.807, 2.05) is 12.1 Å². The Bertz CT molecular complexity index is 1250. The van der Waals surface area contributed by atoms with Crippen molar-refractivity contribution in [1.82, 2.24) is 0 Å². The van der Waals surface area contributed by atoms with Crippen LogP contribution in [0.5, 0.6) is 5.75 Å². The first-order valence-corrected chi connectivity index (χ1v) is 17.1. The van der Waals surface area contributed by atoms with Gasteiger partial charge in [-0.15, -0.1) is 0 Å². The molecular weight excluding hydrogens is 547 g/mol. The predicted molar refractivity (Wildman–Crippen MR) is 187 cm³/mol. The van der Waals surface area contributed by atoms with Gasteiger partial charge in [0.15, 0.2) is 5.12 Å². The highest BCUT2D eigenvalue weighted by Gasteiger charge is 2.27. The average Bonchev–Trinajstić information content (AvgIpc) is 2.94. The molecule has 1 unspecified atom stereocenters. The zero-order valence-corrected chi connectivity index (χ0v) is 28.8. The van der Waals surface area contributed by atoms with E-state index in [0.717, 1.165) is 48.3 Å². The summed E-state index contributed by atoms with van der Waals surface area (Å²) in [5.41, 5.74) is 5.37. The molecule has 234 valence electrons. The predicted octanol–water partition coefficient (Wildman–Crippen LogP) is 10.8. The van der Waals surface area contributed by atoms with E-state index in [1.54, 1.807) is 0 Å². The highest BCUT2D eigenvalue weighted by Crippen LogP contribution is 2.42. The molecule has 0 aliphatic heterocycles. The molecule has 0 aliphatic rings. The Hall–Kier alpha value is -2.72. The molecule has 0 amide bonds. The monoisotopic (exact) mass is 601 g/mol. The number of thioether (sulfide) groups is 1. The molecule has 0 aliphatic carbocycles. The molecule has 1 N–H and O–H groups in total. The van der Waals surface area contributed by atoms with Crippen molar-refractivity contribution in [2.24, 2.45) is 0 Å². The van der Waals surface area contributed by atoms with Gasteiger partial charge in [0.1, 0.15) is 5.75 Å². The zero-order chi connectivity index (χ0) is 31.6. The lowest BCUT2D eigenvalue weighted by atomic mass is 9.79. The second-order valence-corrected chi connectivity index (χ2v) is 15.3. The number of hydrogen-bond acceptors (Lipinski definition) is 4. The molecule has 4 heteroatoms. The first kappa shape index (κ1) is 34.8. The average molecular weight is 602 g/mol. The number of aromatic hydroxyl groups is 1. The Balaban J connectivity index is 1.57. The van der Waals surface area contributed by atoms with Crippen LogP contribution >= 0.6 is 11.8 Å². The molecule has 0 saturated carbocycles. The number of phenolic OH excluding ortho intramolecular Hbond substituents is 1. The van der Waals surface area contributed by atoms with Gasteiger partial charge >= 0.3 is 0 Å². The van der Waals surface area contributed by atoms with Gasteiger partial charge in [-0.2, -0.15) is 0 Å². The minimum absolute atomic E-state index is 0.201. The molecule has 0 saturated heterocycles. The molecule has 1 atom stereocenters. The molecule has 0 fully saturated rings. The topological polar surface area (TPSA) is 40.5 Å². The fourth-order valence-electron chi connectivity index (χ4n) is 5.62. The second-order valence-electron chi connectivity index (χ2n) is 14.2. The summed E-state index contributed by atoms with van der Waals surface area (Å²) in [5, 5.41) is 11.2. The van der Waals surface area contributed by atoms with Crippen LogP contribution in [-0.4, -0.2) is 22.8 Å². The normalized spacial score (nSPS) is 12.7. The number of anilines is 1. The number of benzene rings is 3. The number of carbonyl (C=O) groups is 1. The zero-order valence-electron chi connectivity index (χ0n) is 28.0. The quantitative estimate of drug-likeness (QED) is 0.147. The lowest BCUT2D eigenvalue weighted by molar-refractivity contribution is -0.111. The molecule has 0 heterocycles. The minimum atomic E-state index is -0.202. The van der Waals surface area contributed by atoms with E-state index in [4.69, 9.17) is 0 Å². The summed E-state index contributed by atoms with van der Waals surface area (Å²) in [6, 6.07) is 24.3. The molecular formula is C39H55NO2S. The summed E-state index contributed by atoms with van der Waals surface area (Å²) in [6.07, 6.45) is 8.17. The van der Waals surface area contributed by atoms with Gasteiger partial charge in [0.25, 0.3) is 0 Å². The van der Waals surface area contributed by atoms with Crippen LogP contribution in [0.15, 0.2) is 71.6 Å². The Kier molecular flexibility index (Phi) is 12.8. The third-order valence-corrected chi connectivity index (χ3v) is 9.14. The van der Waals surface area contributed by atoms with Crippen molar-refractivity contribution in [1.29, 1.82) is 0 Å². The number of unbranched alkanes of at least 4 members (excludes halogenated alkanes) is 3. The maximum absolute atomic E-state index is 13.0. The molecule has 43 heavy (non-hydrogen) atoms. The summed E-state index contributed by atoms with van der Waals surface area (Å²) in [4.78, 5) is 16.5. The van der Waals surface area contributed by atoms with Crippen LogP contribution in [0.25, 0.3) is 0 Å². The Morgan fingerprint density at radius 2 is 1.40 bits per heavy atom. The Morgan fingerprint density at radius 3 is 1.95 bits per heavy atom. The molecule has 0 bridgehead atoms. The maximum Gasteiger partial charge on any atom is 0.193 e. The van der Waals surface area contributed by atoms with Gasteiger partial charge in [-0.3, -0.25) is 4.79 Å². The molecule has 0 spiro atoms. The molecule has 3 aromatic carbocycles. The second kappa shape index (κ2) is 15.8. The Morgan fingerprint density at radius 1 is 0.814 bits per heavy atom. The van der Waals surface area contributed by atoms with Gasteiger partial charge in [0, 0.05) is 40.7 Å². The van der Waals surface area contributed by atoms with E-state index < -0.39 is 0 Å². The van der Waals surface area contributed by atoms with E-state index in [0.29, 0.717) is 18.2 Å². The van der Waals surface area contributed by atoms with E-state index in [1.165, 1.54) is 47.8 Å². The third-order valence-electron chi connectivity index (χ3n) is 8.24. The summed E-state index contributed by atoms with van der Waals surface area (Å²) in [7, 11) is 0.